The van der Waals surface area contributed by atoms with Gasteiger partial charge in [-0.1, -0.05) is 33.1 Å². The van der Waals surface area contributed by atoms with Crippen LogP contribution in [0, 0.1) is 17.6 Å². The highest BCUT2D eigenvalue weighted by Crippen LogP contribution is 2.30. The summed E-state index contributed by atoms with van der Waals surface area (Å²) in [6.45, 7) is 6.24. The Morgan fingerprint density at radius 1 is 0.933 bits per heavy atom. The van der Waals surface area contributed by atoms with E-state index in [1.807, 2.05) is 12.1 Å². The zero-order chi connectivity index (χ0) is 33.5. The van der Waals surface area contributed by atoms with Gasteiger partial charge in [0.05, 0.1) is 18.2 Å². The monoisotopic (exact) mass is 641 g/mol. The first kappa shape index (κ1) is 37.9. The number of carbonyl (C=O) groups is 1. The summed E-state index contributed by atoms with van der Waals surface area (Å²) < 4.78 is 77.1. The third kappa shape index (κ3) is 10.6. The molecule has 45 heavy (non-hydrogen) atoms. The van der Waals surface area contributed by atoms with Crippen molar-refractivity contribution in [3.8, 4) is 0 Å². The molecule has 0 aliphatic carbocycles. The summed E-state index contributed by atoms with van der Waals surface area (Å²) in [6.07, 6.45) is 7.89. The molecule has 5 rings (SSSR count). The second-order valence-electron chi connectivity index (χ2n) is 11.1. The smallest absolute Gasteiger partial charge is 0.293 e. The fourth-order valence-electron chi connectivity index (χ4n) is 5.88. The molecule has 250 valence electrons. The average molecular weight is 642 g/mol. The molecule has 1 N–H and O–H groups in total. The molecule has 1 aliphatic rings. The van der Waals surface area contributed by atoms with Gasteiger partial charge in [0.25, 0.3) is 6.43 Å². The normalized spacial score (nSPS) is 15.2. The van der Waals surface area contributed by atoms with E-state index in [9.17, 15) is 26.4 Å². The third-order valence-electron chi connectivity index (χ3n) is 7.92. The van der Waals surface area contributed by atoms with E-state index in [2.05, 4.69) is 35.4 Å². The zero-order valence-corrected chi connectivity index (χ0v) is 26.5. The molecule has 0 saturated carbocycles. The van der Waals surface area contributed by atoms with Crippen LogP contribution in [0.5, 0.6) is 0 Å². The third-order valence-corrected chi connectivity index (χ3v) is 7.92. The minimum Gasteiger partial charge on any atom is -0.400 e. The number of aryl methyl sites for hydroxylation is 2. The molecule has 0 amide bonds. The highest BCUT2D eigenvalue weighted by molar-refractivity contribution is 5.85. The van der Waals surface area contributed by atoms with Crippen LogP contribution >= 0.6 is 0 Å². The van der Waals surface area contributed by atoms with Crippen LogP contribution in [0.25, 0.3) is 21.8 Å². The van der Waals surface area contributed by atoms with E-state index in [0.717, 1.165) is 58.9 Å². The Hall–Kier alpha value is -3.31. The molecule has 1 aliphatic heterocycles. The predicted molar refractivity (Wildman–Crippen MR) is 168 cm³/mol. The summed E-state index contributed by atoms with van der Waals surface area (Å²) in [5, 5.41) is 10.0. The van der Waals surface area contributed by atoms with Crippen LogP contribution in [0.4, 0.5) is 26.4 Å². The number of halogens is 6. The van der Waals surface area contributed by atoms with E-state index in [1.54, 1.807) is 18.2 Å². The maximum Gasteiger partial charge on any atom is 0.293 e. The quantitative estimate of drug-likeness (QED) is 0.102. The molecule has 0 bridgehead atoms. The molecular weight excluding hydrogens is 596 g/mol. The number of fused-ring (bicyclic) bond motifs is 2. The molecule has 2 atom stereocenters. The molecule has 2 aromatic carbocycles. The number of aromatic nitrogens is 2. The van der Waals surface area contributed by atoms with Crippen LogP contribution in [0.15, 0.2) is 48.8 Å². The standard InChI is InChI=1S/C30H36F3N3.C2H2F2O.CH3F.CH4O/c1-3-4-6-21(2)15-22-19-34(29-17-24(31)8-10-27(22)29)13-14-35-20-23(16-26-7-5-12-36(26)33)28-11-9-25(32)18-30(28)35;3-2(4)1-5;2*1-2/h8-11,17-21,26H,3-7,12-16H2,1-2H3;1-2H;1H3;2H,1H3. The first-order valence-corrected chi connectivity index (χ1v) is 15.2. The molecule has 2 aromatic heterocycles. The van der Waals surface area contributed by atoms with Crippen LogP contribution in [0.1, 0.15) is 57.1 Å². The van der Waals surface area contributed by atoms with Gasteiger partial charge >= 0.3 is 0 Å². The number of benzene rings is 2. The van der Waals surface area contributed by atoms with Gasteiger partial charge in [0.1, 0.15) is 11.6 Å². The maximum absolute atomic E-state index is 14.2. The number of rotatable bonds is 11. The van der Waals surface area contributed by atoms with Gasteiger partial charge in [0.2, 0.25) is 0 Å². The lowest BCUT2D eigenvalue weighted by Gasteiger charge is -2.14. The summed E-state index contributed by atoms with van der Waals surface area (Å²) in [4.78, 5) is 8.75. The van der Waals surface area contributed by atoms with E-state index < -0.39 is 12.7 Å². The Bertz CT molecular complexity index is 1460. The number of hydrogen-bond acceptors (Lipinski definition) is 3. The largest absolute Gasteiger partial charge is 0.400 e. The molecule has 1 fully saturated rings. The Balaban J connectivity index is 0.000000704. The van der Waals surface area contributed by atoms with Crippen molar-refractivity contribution in [2.24, 2.45) is 5.92 Å². The van der Waals surface area contributed by atoms with Crippen LogP contribution in [0.2, 0.25) is 0 Å². The second kappa shape index (κ2) is 19.3. The number of aldehydes is 1. The number of aliphatic hydroxyl groups is 1. The van der Waals surface area contributed by atoms with Crippen molar-refractivity contribution in [2.75, 3.05) is 20.8 Å². The number of hydrogen-bond donors (Lipinski definition) is 1. The Morgan fingerprint density at radius 2 is 1.44 bits per heavy atom. The molecule has 0 spiro atoms. The van der Waals surface area contributed by atoms with Gasteiger partial charge in [-0.25, -0.2) is 17.6 Å². The topological polar surface area (TPSA) is 50.4 Å². The highest BCUT2D eigenvalue weighted by Gasteiger charge is 2.26. The Kier molecular flexibility index (Phi) is 16.2. The van der Waals surface area contributed by atoms with Gasteiger partial charge in [0, 0.05) is 56.0 Å². The molecule has 4 aromatic rings. The molecule has 5 nitrogen and oxygen atoms in total. The number of aliphatic hydroxyl groups excluding tert-OH is 1. The number of carbonyl (C=O) groups excluding carboxylic acids is 1. The van der Waals surface area contributed by atoms with Gasteiger partial charge in [-0.2, -0.15) is 0 Å². The summed E-state index contributed by atoms with van der Waals surface area (Å²) in [6, 6.07) is 9.78. The van der Waals surface area contributed by atoms with Crippen molar-refractivity contribution in [3.63, 3.8) is 0 Å². The number of alkyl halides is 3. The van der Waals surface area contributed by atoms with Crippen LogP contribution in [0.3, 0.4) is 0 Å². The lowest BCUT2D eigenvalue weighted by Crippen LogP contribution is -2.23. The van der Waals surface area contributed by atoms with Gasteiger partial charge in [-0.15, -0.1) is 9.60 Å². The van der Waals surface area contributed by atoms with Gasteiger partial charge < -0.3 is 14.2 Å². The number of unbranched alkanes of at least 4 members (excludes halogenated alkanes) is 1. The molecule has 11 heteroatoms. The summed E-state index contributed by atoms with van der Waals surface area (Å²) in [7, 11) is 1.50. The van der Waals surface area contributed by atoms with Gasteiger partial charge in [0.15, 0.2) is 6.29 Å². The average Bonchev–Trinajstić information content (AvgIpc) is 3.71. The summed E-state index contributed by atoms with van der Waals surface area (Å²) in [5.41, 5.74) is 4.02. The van der Waals surface area contributed by atoms with Crippen LogP contribution in [-0.2, 0) is 30.7 Å². The lowest BCUT2D eigenvalue weighted by molar-refractivity contribution is -0.116. The Labute approximate surface area is 261 Å². The first-order chi connectivity index (χ1) is 21.7. The van der Waals surface area contributed by atoms with E-state index in [4.69, 9.17) is 9.90 Å². The number of nitrogens with zero attached hydrogens (tertiary/aromatic N) is 3. The maximum atomic E-state index is 14.2. The van der Waals surface area contributed by atoms with E-state index in [0.29, 0.717) is 39.2 Å². The summed E-state index contributed by atoms with van der Waals surface area (Å²) >= 11 is 0. The van der Waals surface area contributed by atoms with E-state index >= 15 is 0 Å². The lowest BCUT2D eigenvalue weighted by atomic mass is 9.96. The molecular formula is C34H45F6N3O2. The van der Waals surface area contributed by atoms with Crippen molar-refractivity contribution < 1.29 is 36.3 Å². The van der Waals surface area contributed by atoms with Crippen molar-refractivity contribution in [1.82, 2.24) is 14.3 Å². The first-order valence-electron chi connectivity index (χ1n) is 15.2. The molecule has 0 radical (unpaired) electrons. The predicted octanol–water partition coefficient (Wildman–Crippen LogP) is 8.48. The zero-order valence-electron chi connectivity index (χ0n) is 26.5. The highest BCUT2D eigenvalue weighted by atomic mass is 19.3. The minimum atomic E-state index is -2.80. The molecule has 3 heterocycles. The summed E-state index contributed by atoms with van der Waals surface area (Å²) in [5.74, 6) is 0.0485. The van der Waals surface area contributed by atoms with Crippen LogP contribution < -0.4 is 0 Å². The minimum absolute atomic E-state index is 0.122. The second-order valence-corrected chi connectivity index (χ2v) is 11.1. The van der Waals surface area contributed by atoms with E-state index in [-0.39, 0.29) is 17.7 Å². The fraction of sp³-hybridized carbons (Fsp3) is 0.500. The van der Waals surface area contributed by atoms with Crippen molar-refractivity contribution in [3.05, 3.63) is 71.6 Å². The van der Waals surface area contributed by atoms with Crippen LogP contribution in [-0.4, -0.2) is 58.9 Å². The van der Waals surface area contributed by atoms with Crippen molar-refractivity contribution >= 4 is 28.1 Å². The molecule has 1 saturated heterocycles. The van der Waals surface area contributed by atoms with E-state index in [1.165, 1.54) is 30.9 Å². The SMILES string of the molecule is CCCCC(C)Cc1cn(CCn2cc(CC3CCCN3F)c3ccc(F)cc32)c2cc(F)ccc12.CF.CO.O=CC(F)F. The molecule has 2 unspecified atom stereocenters. The van der Waals surface area contributed by atoms with Crippen molar-refractivity contribution in [1.29, 1.82) is 0 Å². The van der Waals surface area contributed by atoms with Gasteiger partial charge in [-0.3, -0.25) is 9.18 Å². The fourth-order valence-corrected chi connectivity index (χ4v) is 5.88. The van der Waals surface area contributed by atoms with Gasteiger partial charge in [-0.05, 0) is 79.1 Å². The van der Waals surface area contributed by atoms with Crippen molar-refractivity contribution in [2.45, 2.75) is 84.4 Å². The Morgan fingerprint density at radius 3 is 1.91 bits per heavy atom.